The van der Waals surface area contributed by atoms with E-state index in [-0.39, 0.29) is 0 Å². The van der Waals surface area contributed by atoms with Crippen molar-refractivity contribution in [3.05, 3.63) is 109 Å². The summed E-state index contributed by atoms with van der Waals surface area (Å²) in [4.78, 5) is 0. The first kappa shape index (κ1) is 20.3. The summed E-state index contributed by atoms with van der Waals surface area (Å²) in [6.07, 6.45) is 17.3. The largest absolute Gasteiger partial charge is 0.355 e. The van der Waals surface area contributed by atoms with E-state index in [9.17, 15) is 0 Å². The maximum absolute atomic E-state index is 4.12. The summed E-state index contributed by atoms with van der Waals surface area (Å²) in [5, 5.41) is 7.97. The van der Waals surface area contributed by atoms with Crippen molar-refractivity contribution < 1.29 is 0 Å². The molecule has 2 aromatic carbocycles. The minimum absolute atomic E-state index is 0.502. The van der Waals surface area contributed by atoms with Crippen molar-refractivity contribution in [2.45, 2.75) is 26.4 Å². The quantitative estimate of drug-likeness (QED) is 0.401. The zero-order valence-electron chi connectivity index (χ0n) is 17.7. The van der Waals surface area contributed by atoms with Crippen molar-refractivity contribution >= 4 is 29.3 Å². The molecule has 1 aliphatic heterocycles. The highest BCUT2D eigenvalue weighted by Gasteiger charge is 2.25. The Morgan fingerprint density at radius 3 is 2.57 bits per heavy atom. The highest BCUT2D eigenvalue weighted by molar-refractivity contribution is 7.56. The van der Waals surface area contributed by atoms with Crippen LogP contribution < -0.4 is 5.32 Å². The van der Waals surface area contributed by atoms with Crippen LogP contribution in [0.25, 0.3) is 27.2 Å². The van der Waals surface area contributed by atoms with Gasteiger partial charge in [-0.05, 0) is 30.9 Å². The second kappa shape index (κ2) is 9.20. The van der Waals surface area contributed by atoms with Crippen LogP contribution in [0.4, 0.5) is 5.69 Å². The maximum Gasteiger partial charge on any atom is 0.0464 e. The number of nitrogens with one attached hydrogen (secondary N) is 1. The number of anilines is 1. The van der Waals surface area contributed by atoms with Gasteiger partial charge in [-0.3, -0.25) is 0 Å². The molecule has 0 aliphatic carbocycles. The molecule has 0 radical (unpaired) electrons. The van der Waals surface area contributed by atoms with Crippen LogP contribution in [0.2, 0.25) is 0 Å². The molecule has 0 bridgehead atoms. The van der Waals surface area contributed by atoms with E-state index < -0.39 is 7.53 Å². The predicted molar refractivity (Wildman–Crippen MR) is 136 cm³/mol. The standard InChI is InChI=1S/C28H28NP/c1-4-7-8-9-14-20-30-26-19-13-11-17-23(26)27-21-16-10-12-18-25(21)29-24(6-3)22(15-5-2)28(27)30/h5-19,29H,3-4,20H2,1-2H3/b8-7-,14-9-,15-5-. The molecule has 0 saturated heterocycles. The van der Waals surface area contributed by atoms with Gasteiger partial charge in [0.2, 0.25) is 0 Å². The number of rotatable bonds is 6. The lowest BCUT2D eigenvalue weighted by molar-refractivity contribution is 1.22. The van der Waals surface area contributed by atoms with E-state index in [4.69, 9.17) is 0 Å². The van der Waals surface area contributed by atoms with Gasteiger partial charge in [-0.1, -0.05) is 92.4 Å². The van der Waals surface area contributed by atoms with Gasteiger partial charge in [0.25, 0.3) is 0 Å². The van der Waals surface area contributed by atoms with Gasteiger partial charge in [-0.15, -0.1) is 7.53 Å². The molecule has 1 nitrogen and oxygen atoms in total. The lowest BCUT2D eigenvalue weighted by Crippen LogP contribution is -1.98. The monoisotopic (exact) mass is 409 g/mol. The molecule has 0 fully saturated rings. The van der Waals surface area contributed by atoms with Gasteiger partial charge in [0.1, 0.15) is 0 Å². The summed E-state index contributed by atoms with van der Waals surface area (Å²) in [5.41, 5.74) is 6.15. The summed E-state index contributed by atoms with van der Waals surface area (Å²) >= 11 is 0. The van der Waals surface area contributed by atoms with Crippen molar-refractivity contribution in [3.8, 4) is 11.1 Å². The normalized spacial score (nSPS) is 14.4. The number of hydrogen-bond acceptors (Lipinski definition) is 1. The number of allylic oxidation sites excluding steroid dienone is 8. The Morgan fingerprint density at radius 2 is 1.77 bits per heavy atom. The minimum atomic E-state index is -0.502. The minimum Gasteiger partial charge on any atom is -0.355 e. The summed E-state index contributed by atoms with van der Waals surface area (Å²) < 4.78 is 0. The molecule has 150 valence electrons. The average Bonchev–Trinajstić information content (AvgIpc) is 3.02. The Kier molecular flexibility index (Phi) is 6.21. The number of para-hydroxylation sites is 1. The molecule has 3 aromatic rings. The molecule has 2 heterocycles. The van der Waals surface area contributed by atoms with Crippen LogP contribution in [0.15, 0.2) is 103 Å². The maximum atomic E-state index is 4.12. The van der Waals surface area contributed by atoms with Crippen LogP contribution in [-0.2, 0) is 6.16 Å². The lowest BCUT2D eigenvalue weighted by Gasteiger charge is -2.11. The molecule has 1 N–H and O–H groups in total. The fourth-order valence-electron chi connectivity index (χ4n) is 4.15. The van der Waals surface area contributed by atoms with Crippen LogP contribution in [-0.4, -0.2) is 0 Å². The average molecular weight is 410 g/mol. The molecular formula is C28H28NP. The highest BCUT2D eigenvalue weighted by Crippen LogP contribution is 2.57. The van der Waals surface area contributed by atoms with E-state index in [0.29, 0.717) is 0 Å². The van der Waals surface area contributed by atoms with E-state index in [1.807, 2.05) is 6.08 Å². The second-order valence-corrected chi connectivity index (χ2v) is 9.47. The van der Waals surface area contributed by atoms with Gasteiger partial charge in [-0.25, -0.2) is 0 Å². The molecule has 1 unspecified atom stereocenters. The Morgan fingerprint density at radius 1 is 1.00 bits per heavy atom. The Labute approximate surface area is 180 Å². The summed E-state index contributed by atoms with van der Waals surface area (Å²) in [6, 6.07) is 17.6. The highest BCUT2D eigenvalue weighted by atomic mass is 31.1. The molecule has 4 rings (SSSR count). The van der Waals surface area contributed by atoms with Gasteiger partial charge >= 0.3 is 0 Å². The molecule has 30 heavy (non-hydrogen) atoms. The number of benzene rings is 2. The Balaban J connectivity index is 2.06. The van der Waals surface area contributed by atoms with Crippen LogP contribution in [0, 0.1) is 0 Å². The molecule has 0 spiro atoms. The third-order valence-electron chi connectivity index (χ3n) is 5.43. The second-order valence-electron chi connectivity index (χ2n) is 7.32. The fraction of sp³-hybridized carbons (Fsp3) is 0.143. The zero-order valence-corrected chi connectivity index (χ0v) is 18.6. The first-order valence-corrected chi connectivity index (χ1v) is 12.1. The van der Waals surface area contributed by atoms with Crippen molar-refractivity contribution in [2.24, 2.45) is 0 Å². The first-order valence-electron chi connectivity index (χ1n) is 10.6. The number of fused-ring (bicyclic) bond motifs is 5. The predicted octanol–water partition coefficient (Wildman–Crippen LogP) is 8.91. The van der Waals surface area contributed by atoms with Crippen molar-refractivity contribution in [3.63, 3.8) is 0 Å². The van der Waals surface area contributed by atoms with Gasteiger partial charge < -0.3 is 5.32 Å². The van der Waals surface area contributed by atoms with Crippen molar-refractivity contribution in [1.29, 1.82) is 0 Å². The summed E-state index contributed by atoms with van der Waals surface area (Å²) in [6.45, 7) is 8.38. The Hall–Kier alpha value is -3.02. The third kappa shape index (κ3) is 3.62. The summed E-state index contributed by atoms with van der Waals surface area (Å²) in [5.74, 6) is 0. The van der Waals surface area contributed by atoms with Gasteiger partial charge in [-0.2, -0.15) is 0 Å². The topological polar surface area (TPSA) is 12.0 Å². The fourth-order valence-corrected chi connectivity index (χ4v) is 6.84. The summed E-state index contributed by atoms with van der Waals surface area (Å²) in [7, 11) is -0.502. The van der Waals surface area contributed by atoms with Crippen molar-refractivity contribution in [1.82, 2.24) is 0 Å². The smallest absolute Gasteiger partial charge is 0.0464 e. The molecule has 0 amide bonds. The van der Waals surface area contributed by atoms with Crippen molar-refractivity contribution in [2.75, 3.05) is 5.32 Å². The van der Waals surface area contributed by atoms with E-state index in [1.54, 1.807) is 0 Å². The molecular weight excluding hydrogens is 381 g/mol. The van der Waals surface area contributed by atoms with Gasteiger partial charge in [0.15, 0.2) is 0 Å². The van der Waals surface area contributed by atoms with E-state index in [2.05, 4.69) is 111 Å². The van der Waals surface area contributed by atoms with E-state index in [0.717, 1.165) is 24.0 Å². The molecule has 1 aliphatic rings. The van der Waals surface area contributed by atoms with Crippen LogP contribution in [0.3, 0.4) is 0 Å². The molecule has 2 heteroatoms. The molecule has 1 aromatic heterocycles. The van der Waals surface area contributed by atoms with Crippen LogP contribution in [0.1, 0.15) is 25.6 Å². The van der Waals surface area contributed by atoms with Gasteiger partial charge in [0.05, 0.1) is 0 Å². The lowest BCUT2D eigenvalue weighted by atomic mass is 9.98. The number of hydrogen-bond donors (Lipinski definition) is 1. The van der Waals surface area contributed by atoms with E-state index >= 15 is 0 Å². The first-order chi connectivity index (χ1) is 14.8. The SMILES string of the molecule is C=CC1=C(/C=C\C)c2c(c3ccccc3p2C/C=C\C=C/CC)-c2ccccc2N1. The van der Waals surface area contributed by atoms with E-state index in [1.165, 1.54) is 32.5 Å². The zero-order chi connectivity index (χ0) is 20.9. The molecule has 0 saturated carbocycles. The van der Waals surface area contributed by atoms with Crippen LogP contribution >= 0.6 is 7.53 Å². The molecule has 1 atom stereocenters. The van der Waals surface area contributed by atoms with Gasteiger partial charge in [0, 0.05) is 44.7 Å². The van der Waals surface area contributed by atoms with Crippen LogP contribution in [0.5, 0.6) is 0 Å². The third-order valence-corrected chi connectivity index (χ3v) is 7.98. The Bertz CT molecular complexity index is 1200.